The van der Waals surface area contributed by atoms with Crippen LogP contribution in [0.4, 0.5) is 0 Å². The molecule has 0 heterocycles. The normalized spacial score (nSPS) is 8.67. The Balaban J connectivity index is 3.06. The van der Waals surface area contributed by atoms with E-state index in [0.29, 0.717) is 0 Å². The Morgan fingerprint density at radius 3 is 2.78 bits per heavy atom. The number of hydrogen-bond donors (Lipinski definition) is 2. The molecular formula is C3H6BO5. The van der Waals surface area contributed by atoms with E-state index < -0.39 is 5.97 Å². The van der Waals surface area contributed by atoms with E-state index in [1.54, 1.807) is 0 Å². The summed E-state index contributed by atoms with van der Waals surface area (Å²) in [5.41, 5.74) is 0. The quantitative estimate of drug-likeness (QED) is 0.273. The average molecular weight is 133 g/mol. The van der Waals surface area contributed by atoms with Gasteiger partial charge in [0.05, 0.1) is 13.0 Å². The van der Waals surface area contributed by atoms with Gasteiger partial charge in [0.1, 0.15) is 0 Å². The Kier molecular flexibility index (Phi) is 5.19. The van der Waals surface area contributed by atoms with Crippen molar-refractivity contribution in [2.24, 2.45) is 0 Å². The zero-order valence-corrected chi connectivity index (χ0v) is 4.61. The van der Waals surface area contributed by atoms with E-state index in [0.717, 1.165) is 0 Å². The third-order valence-corrected chi connectivity index (χ3v) is 0.500. The first kappa shape index (κ1) is 8.41. The molecular weight excluding hydrogens is 127 g/mol. The molecule has 0 aliphatic rings. The van der Waals surface area contributed by atoms with Crippen molar-refractivity contribution in [1.82, 2.24) is 0 Å². The minimum Gasteiger partial charge on any atom is -0.426 e. The van der Waals surface area contributed by atoms with Gasteiger partial charge in [-0.15, -0.1) is 0 Å². The summed E-state index contributed by atoms with van der Waals surface area (Å²) in [6.07, 6.45) is -0.145. The minimum absolute atomic E-state index is 0.145. The topological polar surface area (TPSA) is 76.0 Å². The van der Waals surface area contributed by atoms with Crippen LogP contribution in [-0.2, 0) is 14.5 Å². The Morgan fingerprint density at radius 2 is 2.33 bits per heavy atom. The molecule has 0 unspecified atom stereocenters. The van der Waals surface area contributed by atoms with Gasteiger partial charge in [-0.1, -0.05) is 0 Å². The number of aliphatic hydroxyl groups is 1. The lowest BCUT2D eigenvalue weighted by molar-refractivity contribution is -0.219. The van der Waals surface area contributed by atoms with Crippen LogP contribution in [0.25, 0.3) is 0 Å². The van der Waals surface area contributed by atoms with Crippen LogP contribution in [0.15, 0.2) is 0 Å². The Hall–Kier alpha value is -0.585. The fourth-order valence-electron chi connectivity index (χ4n) is 0.208. The van der Waals surface area contributed by atoms with Crippen LogP contribution in [-0.4, -0.2) is 30.4 Å². The molecule has 0 aromatic carbocycles. The third kappa shape index (κ3) is 5.28. The molecule has 0 fully saturated rings. The largest absolute Gasteiger partial charge is 0.539 e. The second-order valence-corrected chi connectivity index (χ2v) is 1.13. The number of rotatable bonds is 4. The minimum atomic E-state index is -0.734. The SMILES string of the molecule is O=C(CCO)OO[B]O. The van der Waals surface area contributed by atoms with E-state index in [1.165, 1.54) is 0 Å². The van der Waals surface area contributed by atoms with E-state index in [-0.39, 0.29) is 20.7 Å². The molecule has 0 aromatic rings. The first-order valence-electron chi connectivity index (χ1n) is 2.24. The maximum Gasteiger partial charge on any atom is 0.539 e. The van der Waals surface area contributed by atoms with Gasteiger partial charge in [0.15, 0.2) is 0 Å². The van der Waals surface area contributed by atoms with Crippen molar-refractivity contribution >= 4 is 13.7 Å². The molecule has 0 bridgehead atoms. The maximum atomic E-state index is 10.2. The Bertz CT molecular complexity index is 84.3. The van der Waals surface area contributed by atoms with E-state index in [9.17, 15) is 4.79 Å². The van der Waals surface area contributed by atoms with Crippen molar-refractivity contribution in [3.63, 3.8) is 0 Å². The van der Waals surface area contributed by atoms with Gasteiger partial charge in [0.25, 0.3) is 0 Å². The van der Waals surface area contributed by atoms with E-state index in [4.69, 9.17) is 10.1 Å². The molecule has 0 saturated carbocycles. The van der Waals surface area contributed by atoms with Gasteiger partial charge in [0, 0.05) is 0 Å². The second kappa shape index (κ2) is 5.55. The molecule has 0 saturated heterocycles. The fraction of sp³-hybridized carbons (Fsp3) is 0.667. The number of carbonyl (C=O) groups excluding carboxylic acids is 1. The predicted octanol–water partition coefficient (Wildman–Crippen LogP) is -1.63. The summed E-state index contributed by atoms with van der Waals surface area (Å²) < 4.78 is 0. The summed E-state index contributed by atoms with van der Waals surface area (Å²) >= 11 is 0. The van der Waals surface area contributed by atoms with Crippen LogP contribution >= 0.6 is 0 Å². The lowest BCUT2D eigenvalue weighted by atomic mass is 10.4. The highest BCUT2D eigenvalue weighted by Crippen LogP contribution is 1.83. The summed E-state index contributed by atoms with van der Waals surface area (Å²) in [5.74, 6) is -0.734. The molecule has 6 heteroatoms. The Labute approximate surface area is 52.4 Å². The van der Waals surface area contributed by atoms with E-state index in [1.807, 2.05) is 0 Å². The van der Waals surface area contributed by atoms with Crippen LogP contribution in [0, 0.1) is 0 Å². The van der Waals surface area contributed by atoms with Crippen LogP contribution in [0.1, 0.15) is 6.42 Å². The summed E-state index contributed by atoms with van der Waals surface area (Å²) in [6, 6.07) is 0. The third-order valence-electron chi connectivity index (χ3n) is 0.500. The van der Waals surface area contributed by atoms with Crippen molar-refractivity contribution in [3.05, 3.63) is 0 Å². The molecule has 0 atom stereocenters. The van der Waals surface area contributed by atoms with Gasteiger partial charge in [-0.2, -0.15) is 0 Å². The zero-order valence-electron chi connectivity index (χ0n) is 4.61. The molecule has 0 rings (SSSR count). The molecule has 0 amide bonds. The molecule has 0 spiro atoms. The Morgan fingerprint density at radius 1 is 1.67 bits per heavy atom. The van der Waals surface area contributed by atoms with Crippen molar-refractivity contribution in [3.8, 4) is 0 Å². The van der Waals surface area contributed by atoms with Gasteiger partial charge >= 0.3 is 13.7 Å². The molecule has 0 aromatic heterocycles. The molecule has 9 heavy (non-hydrogen) atoms. The summed E-state index contributed by atoms with van der Waals surface area (Å²) in [7, 11) is 0.231. The van der Waals surface area contributed by atoms with E-state index >= 15 is 0 Å². The standard InChI is InChI=1S/C3H6BO5/c5-2-1-3(6)8-9-4-7/h5,7H,1-2H2. The zero-order chi connectivity index (χ0) is 7.11. The van der Waals surface area contributed by atoms with Crippen molar-refractivity contribution in [1.29, 1.82) is 0 Å². The summed E-state index contributed by atoms with van der Waals surface area (Å²) in [6.45, 7) is -0.298. The van der Waals surface area contributed by atoms with Gasteiger partial charge in [0.2, 0.25) is 0 Å². The van der Waals surface area contributed by atoms with Crippen LogP contribution in [0.3, 0.4) is 0 Å². The first-order valence-corrected chi connectivity index (χ1v) is 2.24. The summed E-state index contributed by atoms with van der Waals surface area (Å²) in [5, 5.41) is 15.9. The maximum absolute atomic E-state index is 10.2. The predicted molar refractivity (Wildman–Crippen MR) is 26.9 cm³/mol. The highest BCUT2D eigenvalue weighted by atomic mass is 17.2. The molecule has 1 radical (unpaired) electrons. The molecule has 0 aliphatic heterocycles. The lowest BCUT2D eigenvalue weighted by Gasteiger charge is -1.96. The fourth-order valence-corrected chi connectivity index (χ4v) is 0.208. The highest BCUT2D eigenvalue weighted by Gasteiger charge is 2.01. The van der Waals surface area contributed by atoms with Crippen molar-refractivity contribution < 1.29 is 24.6 Å². The lowest BCUT2D eigenvalue weighted by Crippen LogP contribution is -2.09. The number of hydrogen-bond acceptors (Lipinski definition) is 5. The summed E-state index contributed by atoms with van der Waals surface area (Å²) in [4.78, 5) is 17.7. The van der Waals surface area contributed by atoms with E-state index in [2.05, 4.69) is 9.69 Å². The molecule has 0 aliphatic carbocycles. The van der Waals surface area contributed by atoms with Crippen molar-refractivity contribution in [2.75, 3.05) is 6.61 Å². The van der Waals surface area contributed by atoms with Gasteiger partial charge in [-0.05, 0) is 0 Å². The van der Waals surface area contributed by atoms with Crippen LogP contribution < -0.4 is 0 Å². The van der Waals surface area contributed by atoms with Gasteiger partial charge < -0.3 is 15.0 Å². The monoisotopic (exact) mass is 133 g/mol. The molecule has 51 valence electrons. The smallest absolute Gasteiger partial charge is 0.426 e. The second-order valence-electron chi connectivity index (χ2n) is 1.13. The molecule has 5 nitrogen and oxygen atoms in total. The number of carbonyl (C=O) groups is 1. The van der Waals surface area contributed by atoms with Crippen molar-refractivity contribution in [2.45, 2.75) is 6.42 Å². The van der Waals surface area contributed by atoms with Crippen LogP contribution in [0.5, 0.6) is 0 Å². The van der Waals surface area contributed by atoms with Crippen LogP contribution in [0.2, 0.25) is 0 Å². The average Bonchev–Trinajstić information content (AvgIpc) is 1.85. The van der Waals surface area contributed by atoms with Gasteiger partial charge in [-0.3, -0.25) is 0 Å². The first-order chi connectivity index (χ1) is 4.31. The number of aliphatic hydroxyl groups excluding tert-OH is 1. The highest BCUT2D eigenvalue weighted by molar-refractivity contribution is 6.15. The molecule has 2 N–H and O–H groups in total. The van der Waals surface area contributed by atoms with Gasteiger partial charge in [-0.25, -0.2) is 9.60 Å².